The van der Waals surface area contributed by atoms with Crippen LogP contribution in [0.15, 0.2) is 40.0 Å². The van der Waals surface area contributed by atoms with Crippen molar-refractivity contribution in [2.45, 2.75) is 46.7 Å². The minimum Gasteiger partial charge on any atom is -0.355 e. The Balaban J connectivity index is 1.70. The lowest BCUT2D eigenvalue weighted by Gasteiger charge is -2.38. The van der Waals surface area contributed by atoms with Crippen molar-refractivity contribution in [1.82, 2.24) is 14.4 Å². The van der Waals surface area contributed by atoms with Crippen LogP contribution in [0.4, 0.5) is 5.82 Å². The Morgan fingerprint density at radius 3 is 2.43 bits per heavy atom. The van der Waals surface area contributed by atoms with Crippen LogP contribution >= 0.6 is 24.0 Å². The number of thioether (sulfide) groups is 1. The van der Waals surface area contributed by atoms with Gasteiger partial charge in [0.2, 0.25) is 0 Å². The maximum Gasteiger partial charge on any atom is 0.270 e. The minimum atomic E-state index is -0.281. The number of piperazine rings is 1. The summed E-state index contributed by atoms with van der Waals surface area (Å²) in [7, 11) is 0. The van der Waals surface area contributed by atoms with Crippen LogP contribution in [0.3, 0.4) is 0 Å². The molecule has 0 N–H and O–H groups in total. The number of carbonyl (C=O) groups is 1. The first-order chi connectivity index (χ1) is 17.9. The lowest BCUT2D eigenvalue weighted by atomic mass is 10.0. The zero-order chi connectivity index (χ0) is 26.5. The monoisotopic (exact) mass is 535 g/mol. The van der Waals surface area contributed by atoms with E-state index in [2.05, 4.69) is 47.1 Å². The smallest absolute Gasteiger partial charge is 0.270 e. The Morgan fingerprint density at radius 2 is 1.81 bits per heavy atom. The molecule has 0 bridgehead atoms. The Hall–Kier alpha value is -2.93. The number of thiocarbonyl (C=S) groups is 1. The molecule has 2 aliphatic rings. The largest absolute Gasteiger partial charge is 0.355 e. The summed E-state index contributed by atoms with van der Waals surface area (Å²) < 4.78 is 2.24. The first-order valence-corrected chi connectivity index (χ1v) is 14.1. The zero-order valence-electron chi connectivity index (χ0n) is 21.7. The molecule has 2 aromatic rings. The Morgan fingerprint density at radius 1 is 1.11 bits per heavy atom. The Labute approximate surface area is 228 Å². The predicted octanol–water partition coefficient (Wildman–Crippen LogP) is 4.37. The van der Waals surface area contributed by atoms with Crippen LogP contribution in [0.5, 0.6) is 0 Å². The minimum absolute atomic E-state index is 0.103. The highest BCUT2D eigenvalue weighted by Gasteiger charge is 2.33. The van der Waals surface area contributed by atoms with E-state index in [0.717, 1.165) is 56.9 Å². The normalized spacial score (nSPS) is 17.6. The summed E-state index contributed by atoms with van der Waals surface area (Å²) in [6.07, 6.45) is 3.71. The summed E-state index contributed by atoms with van der Waals surface area (Å²) in [5.74, 6) is 0.677. The average Bonchev–Trinajstić information content (AvgIpc) is 3.17. The van der Waals surface area contributed by atoms with E-state index in [9.17, 15) is 14.9 Å². The van der Waals surface area contributed by atoms with Gasteiger partial charge in [-0.3, -0.25) is 24.0 Å². The Kier molecular flexibility index (Phi) is 8.85. The summed E-state index contributed by atoms with van der Waals surface area (Å²) in [6, 6.07) is 12.5. The van der Waals surface area contributed by atoms with Crippen LogP contribution < -0.4 is 10.5 Å². The van der Waals surface area contributed by atoms with E-state index in [0.29, 0.717) is 27.9 Å². The molecule has 2 saturated heterocycles. The van der Waals surface area contributed by atoms with E-state index in [-0.39, 0.29) is 17.0 Å². The second-order valence-electron chi connectivity index (χ2n) is 9.33. The van der Waals surface area contributed by atoms with Gasteiger partial charge < -0.3 is 4.90 Å². The van der Waals surface area contributed by atoms with Crippen LogP contribution in [-0.4, -0.2) is 57.3 Å². The molecule has 1 aromatic carbocycles. The first kappa shape index (κ1) is 27.1. The lowest BCUT2D eigenvalue weighted by Crippen LogP contribution is -2.48. The third kappa shape index (κ3) is 5.66. The number of aromatic nitrogens is 1. The molecule has 3 heterocycles. The molecule has 0 atom stereocenters. The van der Waals surface area contributed by atoms with Gasteiger partial charge in [0.25, 0.3) is 11.5 Å². The SMILES string of the molecule is CCCCN1C(=O)C(=Cc2c(C)c(C#N)c(=O)n(CC)c2N2CCN(Cc3ccccc3)CC2)SC1=S. The third-order valence-electron chi connectivity index (χ3n) is 6.97. The van der Waals surface area contributed by atoms with Gasteiger partial charge in [0.1, 0.15) is 21.8 Å². The molecule has 0 aliphatic carbocycles. The van der Waals surface area contributed by atoms with Crippen molar-refractivity contribution in [3.63, 3.8) is 0 Å². The molecule has 194 valence electrons. The van der Waals surface area contributed by atoms with Gasteiger partial charge in [-0.2, -0.15) is 5.26 Å². The van der Waals surface area contributed by atoms with Gasteiger partial charge in [-0.15, -0.1) is 0 Å². The topological polar surface area (TPSA) is 72.6 Å². The first-order valence-electron chi connectivity index (χ1n) is 12.8. The fourth-order valence-electron chi connectivity index (χ4n) is 4.88. The van der Waals surface area contributed by atoms with Crippen molar-refractivity contribution in [3.8, 4) is 6.07 Å². The van der Waals surface area contributed by atoms with E-state index in [1.165, 1.54) is 17.3 Å². The number of hydrogen-bond donors (Lipinski definition) is 0. The van der Waals surface area contributed by atoms with Crippen LogP contribution in [0.1, 0.15) is 48.9 Å². The van der Waals surface area contributed by atoms with Crippen molar-refractivity contribution in [2.24, 2.45) is 0 Å². The second kappa shape index (κ2) is 12.1. The van der Waals surface area contributed by atoms with Crippen LogP contribution in [0.25, 0.3) is 6.08 Å². The van der Waals surface area contributed by atoms with Gasteiger partial charge in [-0.1, -0.05) is 67.7 Å². The quantitative estimate of drug-likeness (QED) is 0.367. The van der Waals surface area contributed by atoms with Gasteiger partial charge in [0, 0.05) is 51.4 Å². The highest BCUT2D eigenvalue weighted by Crippen LogP contribution is 2.36. The highest BCUT2D eigenvalue weighted by molar-refractivity contribution is 8.26. The van der Waals surface area contributed by atoms with Crippen LogP contribution in [0.2, 0.25) is 0 Å². The summed E-state index contributed by atoms with van der Waals surface area (Å²) in [6.45, 7) is 10.9. The number of hydrogen-bond acceptors (Lipinski definition) is 7. The van der Waals surface area contributed by atoms with E-state index >= 15 is 0 Å². The van der Waals surface area contributed by atoms with Crippen molar-refractivity contribution in [1.29, 1.82) is 5.26 Å². The van der Waals surface area contributed by atoms with Crippen molar-refractivity contribution >= 4 is 46.1 Å². The maximum absolute atomic E-state index is 13.3. The number of amides is 1. The molecule has 0 radical (unpaired) electrons. The fourth-order valence-corrected chi connectivity index (χ4v) is 6.17. The molecular formula is C28H33N5O2S2. The van der Waals surface area contributed by atoms with E-state index in [1.807, 2.05) is 19.1 Å². The summed E-state index contributed by atoms with van der Waals surface area (Å²) in [5, 5.41) is 9.81. The third-order valence-corrected chi connectivity index (χ3v) is 8.35. The zero-order valence-corrected chi connectivity index (χ0v) is 23.3. The molecular weight excluding hydrogens is 502 g/mol. The summed E-state index contributed by atoms with van der Waals surface area (Å²) in [5.41, 5.74) is 2.49. The second-order valence-corrected chi connectivity index (χ2v) is 11.0. The van der Waals surface area contributed by atoms with Gasteiger partial charge in [0.05, 0.1) is 4.91 Å². The molecule has 0 unspecified atom stereocenters. The number of benzene rings is 1. The Bertz CT molecular complexity index is 1300. The number of nitriles is 1. The van der Waals surface area contributed by atoms with Crippen molar-refractivity contribution in [2.75, 3.05) is 37.6 Å². The van der Waals surface area contributed by atoms with Crippen LogP contribution in [0, 0.1) is 18.3 Å². The lowest BCUT2D eigenvalue weighted by molar-refractivity contribution is -0.122. The molecule has 0 saturated carbocycles. The average molecular weight is 536 g/mol. The number of anilines is 1. The van der Waals surface area contributed by atoms with Gasteiger partial charge >= 0.3 is 0 Å². The summed E-state index contributed by atoms with van der Waals surface area (Å²) in [4.78, 5) is 33.3. The standard InChI is InChI=1S/C28H33N5O2S2/c1-4-6-12-33-27(35)24(37-28(33)36)17-22-20(3)23(18-29)26(34)32(5-2)25(22)31-15-13-30(14-16-31)19-21-10-8-7-9-11-21/h7-11,17H,4-6,12-16,19H2,1-3H3. The highest BCUT2D eigenvalue weighted by atomic mass is 32.2. The maximum atomic E-state index is 13.3. The molecule has 37 heavy (non-hydrogen) atoms. The number of nitrogens with zero attached hydrogens (tertiary/aromatic N) is 5. The van der Waals surface area contributed by atoms with Crippen molar-refractivity contribution in [3.05, 3.63) is 67.8 Å². The molecule has 2 aliphatic heterocycles. The van der Waals surface area contributed by atoms with Gasteiger partial charge in [-0.05, 0) is 37.5 Å². The molecule has 7 nitrogen and oxygen atoms in total. The predicted molar refractivity (Wildman–Crippen MR) is 155 cm³/mol. The van der Waals surface area contributed by atoms with E-state index in [4.69, 9.17) is 12.2 Å². The molecule has 2 fully saturated rings. The fraction of sp³-hybridized carbons (Fsp3) is 0.429. The molecule has 0 spiro atoms. The number of unbranched alkanes of at least 4 members (excludes halogenated alkanes) is 1. The number of pyridine rings is 1. The van der Waals surface area contributed by atoms with E-state index in [1.54, 1.807) is 16.4 Å². The molecule has 1 aromatic heterocycles. The van der Waals surface area contributed by atoms with Crippen molar-refractivity contribution < 1.29 is 4.79 Å². The van der Waals surface area contributed by atoms with E-state index < -0.39 is 0 Å². The van der Waals surface area contributed by atoms with Gasteiger partial charge in [-0.25, -0.2) is 0 Å². The molecule has 4 rings (SSSR count). The number of rotatable bonds is 8. The van der Waals surface area contributed by atoms with Gasteiger partial charge in [0.15, 0.2) is 0 Å². The molecule has 1 amide bonds. The van der Waals surface area contributed by atoms with Crippen LogP contribution in [-0.2, 0) is 17.9 Å². The number of carbonyl (C=O) groups excluding carboxylic acids is 1. The summed E-state index contributed by atoms with van der Waals surface area (Å²) >= 11 is 6.80. The molecule has 9 heteroatoms.